The summed E-state index contributed by atoms with van der Waals surface area (Å²) in [5, 5.41) is 3.14. The van der Waals surface area contributed by atoms with Crippen molar-refractivity contribution in [1.29, 1.82) is 0 Å². The quantitative estimate of drug-likeness (QED) is 0.870. The summed E-state index contributed by atoms with van der Waals surface area (Å²) >= 11 is 0. The third-order valence-electron chi connectivity index (χ3n) is 3.38. The fourth-order valence-electron chi connectivity index (χ4n) is 2.36. The van der Waals surface area contributed by atoms with E-state index >= 15 is 0 Å². The van der Waals surface area contributed by atoms with E-state index in [1.807, 2.05) is 20.0 Å². The number of ether oxygens (including phenoxy) is 1. The normalized spacial score (nSPS) is 17.1. The third-order valence-corrected chi connectivity index (χ3v) is 3.38. The Morgan fingerprint density at radius 2 is 2.06 bits per heavy atom. The molecule has 1 aliphatic rings. The van der Waals surface area contributed by atoms with Crippen LogP contribution in [-0.2, 0) is 6.54 Å². The highest BCUT2D eigenvalue weighted by Gasteiger charge is 2.15. The molecule has 0 aromatic carbocycles. The summed E-state index contributed by atoms with van der Waals surface area (Å²) in [4.78, 5) is 4.52. The van der Waals surface area contributed by atoms with Crippen LogP contribution < -0.4 is 10.1 Å². The highest BCUT2D eigenvalue weighted by Crippen LogP contribution is 2.22. The summed E-state index contributed by atoms with van der Waals surface area (Å²) in [6.07, 6.45) is 6.68. The summed E-state index contributed by atoms with van der Waals surface area (Å²) in [6.45, 7) is 2.91. The third kappa shape index (κ3) is 3.43. The number of hydrogen-bond donors (Lipinski definition) is 1. The minimum atomic E-state index is 0.380. The Morgan fingerprint density at radius 1 is 1.29 bits per heavy atom. The van der Waals surface area contributed by atoms with Crippen molar-refractivity contribution >= 4 is 0 Å². The van der Waals surface area contributed by atoms with Crippen LogP contribution in [0.3, 0.4) is 0 Å². The van der Waals surface area contributed by atoms with Gasteiger partial charge in [-0.2, -0.15) is 0 Å². The fourth-order valence-corrected chi connectivity index (χ4v) is 2.36. The van der Waals surface area contributed by atoms with Crippen molar-refractivity contribution in [3.8, 4) is 5.88 Å². The molecular weight excluding hydrogens is 212 g/mol. The van der Waals surface area contributed by atoms with Gasteiger partial charge in [-0.15, -0.1) is 0 Å². The van der Waals surface area contributed by atoms with Gasteiger partial charge in [0.05, 0.1) is 0 Å². The lowest BCUT2D eigenvalue weighted by atomic mass is 9.98. The lowest BCUT2D eigenvalue weighted by Crippen LogP contribution is -2.20. The van der Waals surface area contributed by atoms with Crippen molar-refractivity contribution < 1.29 is 4.74 Å². The molecule has 1 N–H and O–H groups in total. The van der Waals surface area contributed by atoms with E-state index in [0.29, 0.717) is 6.10 Å². The van der Waals surface area contributed by atoms with E-state index < -0.39 is 0 Å². The molecule has 17 heavy (non-hydrogen) atoms. The molecular formula is C14H22N2O. The molecule has 1 heterocycles. The smallest absolute Gasteiger partial charge is 0.213 e. The van der Waals surface area contributed by atoms with Gasteiger partial charge in [0.15, 0.2) is 0 Å². The van der Waals surface area contributed by atoms with E-state index in [0.717, 1.165) is 18.1 Å². The van der Waals surface area contributed by atoms with Gasteiger partial charge in [0.2, 0.25) is 5.88 Å². The Kier molecular flexibility index (Phi) is 4.37. The van der Waals surface area contributed by atoms with E-state index in [2.05, 4.69) is 16.4 Å². The number of rotatable bonds is 4. The molecule has 0 aliphatic heterocycles. The minimum Gasteiger partial charge on any atom is -0.474 e. The van der Waals surface area contributed by atoms with Crippen LogP contribution >= 0.6 is 0 Å². The second kappa shape index (κ2) is 6.01. The molecule has 0 unspecified atom stereocenters. The summed E-state index contributed by atoms with van der Waals surface area (Å²) in [7, 11) is 1.95. The summed E-state index contributed by atoms with van der Waals surface area (Å²) in [6, 6.07) is 4.10. The molecule has 0 radical (unpaired) electrons. The maximum absolute atomic E-state index is 5.94. The number of aromatic nitrogens is 1. The topological polar surface area (TPSA) is 34.1 Å². The average Bonchev–Trinajstić information content (AvgIpc) is 2.34. The van der Waals surface area contributed by atoms with Gasteiger partial charge in [0.1, 0.15) is 6.10 Å². The number of pyridine rings is 1. The first-order chi connectivity index (χ1) is 8.29. The fraction of sp³-hybridized carbons (Fsp3) is 0.643. The molecule has 2 rings (SSSR count). The van der Waals surface area contributed by atoms with E-state index in [9.17, 15) is 0 Å². The van der Waals surface area contributed by atoms with E-state index in [1.165, 1.54) is 37.7 Å². The number of nitrogens with one attached hydrogen (secondary N) is 1. The summed E-state index contributed by atoms with van der Waals surface area (Å²) in [5.74, 6) is 0.786. The van der Waals surface area contributed by atoms with Gasteiger partial charge in [-0.1, -0.05) is 12.5 Å². The first kappa shape index (κ1) is 12.4. The van der Waals surface area contributed by atoms with Crippen molar-refractivity contribution in [2.24, 2.45) is 0 Å². The summed E-state index contributed by atoms with van der Waals surface area (Å²) in [5.41, 5.74) is 2.30. The van der Waals surface area contributed by atoms with Gasteiger partial charge in [0, 0.05) is 18.3 Å². The zero-order valence-electron chi connectivity index (χ0n) is 10.8. The first-order valence-electron chi connectivity index (χ1n) is 6.57. The van der Waals surface area contributed by atoms with Crippen molar-refractivity contribution in [1.82, 2.24) is 10.3 Å². The highest BCUT2D eigenvalue weighted by molar-refractivity contribution is 5.25. The van der Waals surface area contributed by atoms with Gasteiger partial charge in [-0.05, 0) is 45.2 Å². The largest absolute Gasteiger partial charge is 0.474 e. The molecule has 0 amide bonds. The SMILES string of the molecule is CNCc1ccc(OC2CCCCC2)nc1C. The van der Waals surface area contributed by atoms with Gasteiger partial charge in [-0.3, -0.25) is 0 Å². The first-order valence-corrected chi connectivity index (χ1v) is 6.57. The molecule has 3 nitrogen and oxygen atoms in total. The monoisotopic (exact) mass is 234 g/mol. The van der Waals surface area contributed by atoms with Crippen LogP contribution in [0.15, 0.2) is 12.1 Å². The van der Waals surface area contributed by atoms with Crippen LogP contribution in [0.2, 0.25) is 0 Å². The Hall–Kier alpha value is -1.09. The molecule has 1 fully saturated rings. The van der Waals surface area contributed by atoms with Crippen LogP contribution in [0.1, 0.15) is 43.4 Å². The van der Waals surface area contributed by atoms with E-state index in [1.54, 1.807) is 0 Å². The number of hydrogen-bond acceptors (Lipinski definition) is 3. The molecule has 0 spiro atoms. The van der Waals surface area contributed by atoms with Gasteiger partial charge >= 0.3 is 0 Å². The molecule has 3 heteroatoms. The van der Waals surface area contributed by atoms with Crippen molar-refractivity contribution in [3.63, 3.8) is 0 Å². The Balaban J connectivity index is 1.98. The van der Waals surface area contributed by atoms with E-state index in [-0.39, 0.29) is 0 Å². The van der Waals surface area contributed by atoms with Crippen molar-refractivity contribution in [2.45, 2.75) is 51.7 Å². The molecule has 0 bridgehead atoms. The molecule has 1 saturated carbocycles. The van der Waals surface area contributed by atoms with Crippen LogP contribution in [0.4, 0.5) is 0 Å². The van der Waals surface area contributed by atoms with Gasteiger partial charge in [0.25, 0.3) is 0 Å². The predicted octanol–water partition coefficient (Wildman–Crippen LogP) is 2.82. The summed E-state index contributed by atoms with van der Waals surface area (Å²) < 4.78 is 5.94. The molecule has 1 aliphatic carbocycles. The van der Waals surface area contributed by atoms with Crippen LogP contribution in [0.5, 0.6) is 5.88 Å². The van der Waals surface area contributed by atoms with Crippen molar-refractivity contribution in [3.05, 3.63) is 23.4 Å². The second-order valence-electron chi connectivity index (χ2n) is 4.80. The predicted molar refractivity (Wildman–Crippen MR) is 69.2 cm³/mol. The lowest BCUT2D eigenvalue weighted by Gasteiger charge is -2.22. The molecule has 0 saturated heterocycles. The molecule has 1 aromatic heterocycles. The Bertz CT molecular complexity index is 359. The van der Waals surface area contributed by atoms with Crippen LogP contribution in [-0.4, -0.2) is 18.1 Å². The van der Waals surface area contributed by atoms with Crippen LogP contribution in [0, 0.1) is 6.92 Å². The zero-order valence-corrected chi connectivity index (χ0v) is 10.8. The zero-order chi connectivity index (χ0) is 12.1. The van der Waals surface area contributed by atoms with Crippen LogP contribution in [0.25, 0.3) is 0 Å². The van der Waals surface area contributed by atoms with Gasteiger partial charge in [-0.25, -0.2) is 4.98 Å². The standard InChI is InChI=1S/C14H22N2O/c1-11-12(10-15-2)8-9-14(16-11)17-13-6-4-3-5-7-13/h8-9,13,15H,3-7,10H2,1-2H3. The lowest BCUT2D eigenvalue weighted by molar-refractivity contribution is 0.148. The maximum Gasteiger partial charge on any atom is 0.213 e. The molecule has 94 valence electrons. The highest BCUT2D eigenvalue weighted by atomic mass is 16.5. The van der Waals surface area contributed by atoms with E-state index in [4.69, 9.17) is 4.74 Å². The van der Waals surface area contributed by atoms with Crippen molar-refractivity contribution in [2.75, 3.05) is 7.05 Å². The number of nitrogens with zero attached hydrogens (tertiary/aromatic N) is 1. The minimum absolute atomic E-state index is 0.380. The number of aryl methyl sites for hydroxylation is 1. The second-order valence-corrected chi connectivity index (χ2v) is 4.80. The molecule has 1 aromatic rings. The Morgan fingerprint density at radius 3 is 2.71 bits per heavy atom. The van der Waals surface area contributed by atoms with Gasteiger partial charge < -0.3 is 10.1 Å². The Labute approximate surface area is 104 Å². The average molecular weight is 234 g/mol. The maximum atomic E-state index is 5.94. The molecule has 0 atom stereocenters.